The molecule has 0 bridgehead atoms. The summed E-state index contributed by atoms with van der Waals surface area (Å²) in [6.45, 7) is 1.84. The Morgan fingerprint density at radius 1 is 1.00 bits per heavy atom. The van der Waals surface area contributed by atoms with E-state index in [1.165, 1.54) is 24.2 Å². The fourth-order valence-electron chi connectivity index (χ4n) is 2.37. The Balaban J connectivity index is 2.03. The highest BCUT2D eigenvalue weighted by Crippen LogP contribution is 2.17. The van der Waals surface area contributed by atoms with E-state index in [0.717, 1.165) is 31.5 Å². The first-order valence-electron chi connectivity index (χ1n) is 6.74. The van der Waals surface area contributed by atoms with Crippen molar-refractivity contribution in [2.75, 3.05) is 19.3 Å². The van der Waals surface area contributed by atoms with Crippen molar-refractivity contribution in [3.05, 3.63) is 29.8 Å². The molecule has 0 saturated carbocycles. The van der Waals surface area contributed by atoms with Crippen LogP contribution in [0.5, 0.6) is 0 Å². The summed E-state index contributed by atoms with van der Waals surface area (Å²) in [6, 6.07) is 7.96. The van der Waals surface area contributed by atoms with Gasteiger partial charge >= 0.3 is 0 Å². The molecule has 0 aliphatic carbocycles. The van der Waals surface area contributed by atoms with E-state index in [1.807, 2.05) is 29.2 Å². The van der Waals surface area contributed by atoms with Crippen LogP contribution in [-0.4, -0.2) is 30.2 Å². The number of benzene rings is 1. The van der Waals surface area contributed by atoms with Gasteiger partial charge in [0.2, 0.25) is 0 Å². The van der Waals surface area contributed by atoms with E-state index in [1.54, 1.807) is 11.8 Å². The molecule has 2 nitrogen and oxygen atoms in total. The van der Waals surface area contributed by atoms with Gasteiger partial charge in [0, 0.05) is 23.5 Å². The van der Waals surface area contributed by atoms with E-state index in [2.05, 4.69) is 6.26 Å². The molecule has 1 fully saturated rings. The van der Waals surface area contributed by atoms with Crippen molar-refractivity contribution in [3.8, 4) is 0 Å². The number of amides is 1. The molecule has 1 aromatic carbocycles. The minimum atomic E-state index is 0.199. The first-order valence-corrected chi connectivity index (χ1v) is 7.97. The topological polar surface area (TPSA) is 20.3 Å². The number of carbonyl (C=O) groups is 1. The molecule has 1 aliphatic heterocycles. The average molecular weight is 263 g/mol. The SMILES string of the molecule is CSc1ccc(C(=O)N2CCCCCCC2)cc1. The summed E-state index contributed by atoms with van der Waals surface area (Å²) < 4.78 is 0. The van der Waals surface area contributed by atoms with Crippen LogP contribution in [0.3, 0.4) is 0 Å². The molecule has 0 N–H and O–H groups in total. The average Bonchev–Trinajstić information content (AvgIpc) is 2.38. The quantitative estimate of drug-likeness (QED) is 0.756. The summed E-state index contributed by atoms with van der Waals surface area (Å²) >= 11 is 1.71. The lowest BCUT2D eigenvalue weighted by molar-refractivity contribution is 0.0742. The molecular weight excluding hydrogens is 242 g/mol. The number of thioether (sulfide) groups is 1. The van der Waals surface area contributed by atoms with E-state index >= 15 is 0 Å². The summed E-state index contributed by atoms with van der Waals surface area (Å²) in [6.07, 6.45) is 8.19. The molecule has 0 aromatic heterocycles. The predicted molar refractivity (Wildman–Crippen MR) is 77.2 cm³/mol. The normalized spacial score (nSPS) is 17.1. The fraction of sp³-hybridized carbons (Fsp3) is 0.533. The number of hydrogen-bond acceptors (Lipinski definition) is 2. The van der Waals surface area contributed by atoms with Crippen LogP contribution >= 0.6 is 11.8 Å². The van der Waals surface area contributed by atoms with Crippen molar-refractivity contribution in [3.63, 3.8) is 0 Å². The van der Waals surface area contributed by atoms with E-state index in [-0.39, 0.29) is 5.91 Å². The Hall–Kier alpha value is -0.960. The van der Waals surface area contributed by atoms with E-state index < -0.39 is 0 Å². The molecule has 98 valence electrons. The standard InChI is InChI=1S/C15H21NOS/c1-18-14-9-7-13(8-10-14)15(17)16-11-5-3-2-4-6-12-16/h7-10H,2-6,11-12H2,1H3. The van der Waals surface area contributed by atoms with Crippen molar-refractivity contribution in [1.29, 1.82) is 0 Å². The first kappa shape index (κ1) is 13.5. The third kappa shape index (κ3) is 3.52. The van der Waals surface area contributed by atoms with Crippen LogP contribution in [0.1, 0.15) is 42.5 Å². The summed E-state index contributed by atoms with van der Waals surface area (Å²) in [5, 5.41) is 0. The monoisotopic (exact) mass is 263 g/mol. The van der Waals surface area contributed by atoms with Gasteiger partial charge in [-0.1, -0.05) is 19.3 Å². The first-order chi connectivity index (χ1) is 8.81. The number of likely N-dealkylation sites (tertiary alicyclic amines) is 1. The molecule has 1 amide bonds. The smallest absolute Gasteiger partial charge is 0.253 e. The maximum atomic E-state index is 12.4. The molecule has 1 heterocycles. The second kappa shape index (κ2) is 6.83. The Morgan fingerprint density at radius 2 is 1.56 bits per heavy atom. The van der Waals surface area contributed by atoms with Gasteiger partial charge < -0.3 is 4.90 Å². The lowest BCUT2D eigenvalue weighted by Gasteiger charge is -2.24. The zero-order chi connectivity index (χ0) is 12.8. The van der Waals surface area contributed by atoms with Crippen molar-refractivity contribution in [2.45, 2.75) is 37.0 Å². The van der Waals surface area contributed by atoms with Gasteiger partial charge in [-0.05, 0) is 43.4 Å². The second-order valence-corrected chi connectivity index (χ2v) is 5.67. The Kier molecular flexibility index (Phi) is 5.12. The fourth-order valence-corrected chi connectivity index (χ4v) is 2.77. The summed E-state index contributed by atoms with van der Waals surface area (Å²) in [4.78, 5) is 15.6. The third-order valence-electron chi connectivity index (χ3n) is 3.48. The maximum absolute atomic E-state index is 12.4. The largest absolute Gasteiger partial charge is 0.339 e. The van der Waals surface area contributed by atoms with Gasteiger partial charge in [-0.3, -0.25) is 4.79 Å². The van der Waals surface area contributed by atoms with Crippen LogP contribution in [0, 0.1) is 0 Å². The molecule has 18 heavy (non-hydrogen) atoms. The number of carbonyl (C=O) groups excluding carboxylic acids is 1. The number of nitrogens with zero attached hydrogens (tertiary/aromatic N) is 1. The van der Waals surface area contributed by atoms with Gasteiger partial charge in [-0.15, -0.1) is 11.8 Å². The molecule has 0 unspecified atom stereocenters. The molecule has 0 spiro atoms. The minimum Gasteiger partial charge on any atom is -0.339 e. The van der Waals surface area contributed by atoms with Crippen LogP contribution < -0.4 is 0 Å². The van der Waals surface area contributed by atoms with Crippen LogP contribution in [0.4, 0.5) is 0 Å². The van der Waals surface area contributed by atoms with Crippen LogP contribution in [0.25, 0.3) is 0 Å². The summed E-state index contributed by atoms with van der Waals surface area (Å²) in [5.41, 5.74) is 0.827. The predicted octanol–water partition coefficient (Wildman–Crippen LogP) is 3.81. The Bertz CT molecular complexity index is 380. The number of hydrogen-bond donors (Lipinski definition) is 0. The maximum Gasteiger partial charge on any atom is 0.253 e. The summed E-state index contributed by atoms with van der Waals surface area (Å²) in [7, 11) is 0. The van der Waals surface area contributed by atoms with Gasteiger partial charge in [-0.2, -0.15) is 0 Å². The highest BCUT2D eigenvalue weighted by atomic mass is 32.2. The van der Waals surface area contributed by atoms with Gasteiger partial charge in [0.1, 0.15) is 0 Å². The Morgan fingerprint density at radius 3 is 2.11 bits per heavy atom. The van der Waals surface area contributed by atoms with Crippen molar-refractivity contribution in [1.82, 2.24) is 4.90 Å². The Labute approximate surface area is 114 Å². The van der Waals surface area contributed by atoms with E-state index in [0.29, 0.717) is 0 Å². The molecule has 1 aromatic rings. The molecule has 2 rings (SSSR count). The number of rotatable bonds is 2. The molecule has 1 aliphatic rings. The molecule has 3 heteroatoms. The molecule has 0 atom stereocenters. The lowest BCUT2D eigenvalue weighted by Crippen LogP contribution is -2.33. The van der Waals surface area contributed by atoms with Gasteiger partial charge in [0.05, 0.1) is 0 Å². The van der Waals surface area contributed by atoms with E-state index in [9.17, 15) is 4.79 Å². The van der Waals surface area contributed by atoms with Gasteiger partial charge in [0.25, 0.3) is 5.91 Å². The zero-order valence-corrected chi connectivity index (χ0v) is 11.8. The molecule has 1 saturated heterocycles. The zero-order valence-electron chi connectivity index (χ0n) is 11.0. The molecular formula is C15H21NOS. The highest BCUT2D eigenvalue weighted by Gasteiger charge is 2.16. The van der Waals surface area contributed by atoms with Crippen LogP contribution in [-0.2, 0) is 0 Å². The van der Waals surface area contributed by atoms with Gasteiger partial charge in [-0.25, -0.2) is 0 Å². The lowest BCUT2D eigenvalue weighted by atomic mass is 10.1. The van der Waals surface area contributed by atoms with Crippen LogP contribution in [0.2, 0.25) is 0 Å². The molecule has 0 radical (unpaired) electrons. The highest BCUT2D eigenvalue weighted by molar-refractivity contribution is 7.98. The minimum absolute atomic E-state index is 0.199. The third-order valence-corrected chi connectivity index (χ3v) is 4.22. The van der Waals surface area contributed by atoms with Crippen LogP contribution in [0.15, 0.2) is 29.2 Å². The van der Waals surface area contributed by atoms with E-state index in [4.69, 9.17) is 0 Å². The van der Waals surface area contributed by atoms with Crippen molar-refractivity contribution < 1.29 is 4.79 Å². The summed E-state index contributed by atoms with van der Waals surface area (Å²) in [5.74, 6) is 0.199. The van der Waals surface area contributed by atoms with Gasteiger partial charge in [0.15, 0.2) is 0 Å². The van der Waals surface area contributed by atoms with Crippen molar-refractivity contribution >= 4 is 17.7 Å². The second-order valence-electron chi connectivity index (χ2n) is 4.79. The van der Waals surface area contributed by atoms with Crippen molar-refractivity contribution in [2.24, 2.45) is 0 Å².